The molecule has 0 aliphatic rings. The van der Waals surface area contributed by atoms with E-state index in [0.717, 1.165) is 0 Å². The minimum atomic E-state index is -3.81. The lowest BCUT2D eigenvalue weighted by molar-refractivity contribution is -0.117. The van der Waals surface area contributed by atoms with Gasteiger partial charge >= 0.3 is 0 Å². The smallest absolute Gasteiger partial charge is 0.261 e. The fourth-order valence-corrected chi connectivity index (χ4v) is 2.03. The number of hydrogen-bond donors (Lipinski definition) is 1. The fraction of sp³-hybridized carbons (Fsp3) is 0.364. The minimum Gasteiger partial charge on any atom is -0.375 e. The van der Waals surface area contributed by atoms with E-state index in [1.54, 1.807) is 0 Å². The average molecular weight is 328 g/mol. The van der Waals surface area contributed by atoms with Crippen molar-refractivity contribution in [3.05, 3.63) is 24.3 Å². The third kappa shape index (κ3) is 6.27. The fourth-order valence-electron chi connectivity index (χ4n) is 1.26. The number of carbonyl (C=O) groups excluding carboxylic acids is 1. The Morgan fingerprint density at radius 3 is 2.40 bits per heavy atom. The molecule has 5 nitrogen and oxygen atoms in total. The van der Waals surface area contributed by atoms with Gasteiger partial charge in [0.1, 0.15) is 6.61 Å². The first-order valence-electron chi connectivity index (χ1n) is 5.49. The zero-order chi connectivity index (χ0) is 15.2. The van der Waals surface area contributed by atoms with Gasteiger partial charge in [-0.15, -0.1) is 0 Å². The predicted octanol–water partition coefficient (Wildman–Crippen LogP) is 2.22. The molecule has 0 bridgehead atoms. The molecule has 0 saturated heterocycles. The van der Waals surface area contributed by atoms with E-state index in [4.69, 9.17) is 10.7 Å². The molecular weight excluding hydrogens is 316 g/mol. The number of nitrogens with one attached hydrogen (secondary N) is 1. The lowest BCUT2D eigenvalue weighted by Crippen LogP contribution is -2.15. The molecule has 0 aromatic heterocycles. The van der Waals surface area contributed by atoms with Crippen molar-refractivity contribution in [1.82, 2.24) is 0 Å². The number of benzene rings is 1. The summed E-state index contributed by atoms with van der Waals surface area (Å²) in [6.45, 7) is -0.833. The maximum absolute atomic E-state index is 11.8. The largest absolute Gasteiger partial charge is 0.375 e. The van der Waals surface area contributed by atoms with E-state index in [1.165, 1.54) is 24.3 Å². The Morgan fingerprint density at radius 2 is 1.90 bits per heavy atom. The van der Waals surface area contributed by atoms with Crippen LogP contribution in [-0.4, -0.2) is 34.0 Å². The lowest BCUT2D eigenvalue weighted by atomic mass is 10.3. The van der Waals surface area contributed by atoms with Gasteiger partial charge in [-0.3, -0.25) is 4.79 Å². The van der Waals surface area contributed by atoms with Crippen LogP contribution in [0.3, 0.4) is 0 Å². The van der Waals surface area contributed by atoms with Crippen LogP contribution >= 0.6 is 10.7 Å². The first kappa shape index (κ1) is 16.8. The van der Waals surface area contributed by atoms with Gasteiger partial charge in [-0.1, -0.05) is 0 Å². The van der Waals surface area contributed by atoms with Gasteiger partial charge in [0.05, 0.1) is 17.9 Å². The summed E-state index contributed by atoms with van der Waals surface area (Å²) in [5.41, 5.74) is 0.368. The molecule has 0 aliphatic carbocycles. The summed E-state index contributed by atoms with van der Waals surface area (Å²) in [4.78, 5) is 11.3. The highest BCUT2D eigenvalue weighted by molar-refractivity contribution is 8.13. The molecule has 0 atom stereocenters. The molecule has 0 saturated carbocycles. The van der Waals surface area contributed by atoms with Gasteiger partial charge < -0.3 is 10.1 Å². The van der Waals surface area contributed by atoms with Gasteiger partial charge in [0.25, 0.3) is 15.5 Å². The molecule has 20 heavy (non-hydrogen) atoms. The predicted molar refractivity (Wildman–Crippen MR) is 69.6 cm³/mol. The van der Waals surface area contributed by atoms with Crippen molar-refractivity contribution < 1.29 is 26.7 Å². The van der Waals surface area contributed by atoms with Crippen LogP contribution in [0.15, 0.2) is 29.2 Å². The van der Waals surface area contributed by atoms with Gasteiger partial charge in [-0.25, -0.2) is 17.2 Å². The Morgan fingerprint density at radius 1 is 1.30 bits per heavy atom. The number of alkyl halides is 2. The molecule has 0 fully saturated rings. The highest BCUT2D eigenvalue weighted by atomic mass is 35.7. The molecule has 1 aromatic rings. The number of carbonyl (C=O) groups is 1. The Labute approximate surface area is 119 Å². The van der Waals surface area contributed by atoms with Gasteiger partial charge in [0, 0.05) is 16.4 Å². The van der Waals surface area contributed by atoms with E-state index in [-0.39, 0.29) is 17.9 Å². The van der Waals surface area contributed by atoms with Crippen LogP contribution in [-0.2, 0) is 18.6 Å². The Kier molecular flexibility index (Phi) is 6.31. The van der Waals surface area contributed by atoms with Crippen LogP contribution in [0.1, 0.15) is 6.42 Å². The SMILES string of the molecule is O=C(CCOCC(F)F)Nc1ccc(S(=O)(=O)Cl)cc1. The summed E-state index contributed by atoms with van der Waals surface area (Å²) in [5.74, 6) is -0.430. The van der Waals surface area contributed by atoms with E-state index >= 15 is 0 Å². The third-order valence-corrected chi connectivity index (χ3v) is 3.51. The second-order valence-corrected chi connectivity index (χ2v) is 6.29. The first-order valence-corrected chi connectivity index (χ1v) is 7.80. The lowest BCUT2D eigenvalue weighted by Gasteiger charge is -2.06. The number of hydrogen-bond acceptors (Lipinski definition) is 4. The van der Waals surface area contributed by atoms with E-state index < -0.39 is 28.0 Å². The normalized spacial score (nSPS) is 11.6. The van der Waals surface area contributed by atoms with Crippen LogP contribution < -0.4 is 5.32 Å². The summed E-state index contributed by atoms with van der Waals surface area (Å²) >= 11 is 0. The molecule has 1 amide bonds. The number of halogens is 3. The standard InChI is InChI=1S/C11H12ClF2NO4S/c12-20(17,18)9-3-1-8(2-4-9)15-11(16)5-6-19-7-10(13)14/h1-4,10H,5-7H2,(H,15,16). The van der Waals surface area contributed by atoms with E-state index in [9.17, 15) is 22.0 Å². The van der Waals surface area contributed by atoms with Gasteiger partial charge in [0.15, 0.2) is 0 Å². The quantitative estimate of drug-likeness (QED) is 0.615. The minimum absolute atomic E-state index is 0.0811. The summed E-state index contributed by atoms with van der Waals surface area (Å²) in [5, 5.41) is 2.46. The first-order chi connectivity index (χ1) is 9.29. The van der Waals surface area contributed by atoms with Crippen LogP contribution in [0, 0.1) is 0 Å². The molecule has 0 aliphatic heterocycles. The second-order valence-electron chi connectivity index (χ2n) is 3.73. The van der Waals surface area contributed by atoms with Crippen molar-refractivity contribution in [3.63, 3.8) is 0 Å². The van der Waals surface area contributed by atoms with Crippen LogP contribution in [0.4, 0.5) is 14.5 Å². The molecule has 0 radical (unpaired) electrons. The number of amides is 1. The van der Waals surface area contributed by atoms with E-state index in [2.05, 4.69) is 10.1 Å². The highest BCUT2D eigenvalue weighted by Gasteiger charge is 2.10. The van der Waals surface area contributed by atoms with Crippen LogP contribution in [0.5, 0.6) is 0 Å². The van der Waals surface area contributed by atoms with Crippen LogP contribution in [0.2, 0.25) is 0 Å². The molecule has 0 spiro atoms. The summed E-state index contributed by atoms with van der Waals surface area (Å²) in [6, 6.07) is 5.22. The number of anilines is 1. The Bertz CT molecular complexity index is 548. The summed E-state index contributed by atoms with van der Waals surface area (Å²) in [7, 11) is 1.33. The van der Waals surface area contributed by atoms with Crippen molar-refractivity contribution in [1.29, 1.82) is 0 Å². The molecular formula is C11H12ClF2NO4S. The van der Waals surface area contributed by atoms with Gasteiger partial charge in [0.2, 0.25) is 5.91 Å². The van der Waals surface area contributed by atoms with Gasteiger partial charge in [-0.05, 0) is 24.3 Å². The van der Waals surface area contributed by atoms with Gasteiger partial charge in [-0.2, -0.15) is 0 Å². The maximum Gasteiger partial charge on any atom is 0.261 e. The second kappa shape index (κ2) is 7.51. The van der Waals surface area contributed by atoms with Crippen molar-refractivity contribution in [2.45, 2.75) is 17.7 Å². The molecule has 112 valence electrons. The topological polar surface area (TPSA) is 72.5 Å². The zero-order valence-corrected chi connectivity index (χ0v) is 11.8. The maximum atomic E-state index is 11.8. The average Bonchev–Trinajstić information content (AvgIpc) is 2.34. The van der Waals surface area contributed by atoms with Crippen molar-refractivity contribution in [2.75, 3.05) is 18.5 Å². The Balaban J connectivity index is 2.43. The summed E-state index contributed by atoms with van der Waals surface area (Å²) in [6.07, 6.45) is -2.65. The number of ether oxygens (including phenoxy) is 1. The molecule has 1 rings (SSSR count). The zero-order valence-electron chi connectivity index (χ0n) is 10.2. The Hall–Kier alpha value is -1.25. The molecule has 9 heteroatoms. The van der Waals surface area contributed by atoms with Crippen LogP contribution in [0.25, 0.3) is 0 Å². The van der Waals surface area contributed by atoms with Crippen molar-refractivity contribution in [2.24, 2.45) is 0 Å². The third-order valence-electron chi connectivity index (χ3n) is 2.14. The molecule has 0 unspecified atom stereocenters. The number of rotatable bonds is 7. The van der Waals surface area contributed by atoms with E-state index in [1.807, 2.05) is 0 Å². The monoisotopic (exact) mass is 327 g/mol. The van der Waals surface area contributed by atoms with Crippen molar-refractivity contribution >= 4 is 31.3 Å². The highest BCUT2D eigenvalue weighted by Crippen LogP contribution is 2.17. The molecule has 0 heterocycles. The van der Waals surface area contributed by atoms with Crippen molar-refractivity contribution in [3.8, 4) is 0 Å². The van der Waals surface area contributed by atoms with E-state index in [0.29, 0.717) is 5.69 Å². The molecule has 1 N–H and O–H groups in total. The summed E-state index contributed by atoms with van der Waals surface area (Å²) < 4.78 is 50.1. The molecule has 1 aromatic carbocycles.